The largest absolute Gasteiger partial charge is 0.372 e. The first-order chi connectivity index (χ1) is 10.1. The van der Waals surface area contributed by atoms with Gasteiger partial charge in [-0.05, 0) is 38.3 Å². The predicted octanol–water partition coefficient (Wildman–Crippen LogP) is 3.72. The lowest BCUT2D eigenvalue weighted by Gasteiger charge is -2.27. The maximum absolute atomic E-state index is 5.95. The number of thiazole rings is 1. The normalized spacial score (nSPS) is 19.3. The van der Waals surface area contributed by atoms with Gasteiger partial charge in [-0.2, -0.15) is 0 Å². The van der Waals surface area contributed by atoms with Crippen LogP contribution in [0.5, 0.6) is 0 Å². The van der Waals surface area contributed by atoms with E-state index in [1.165, 1.54) is 16.0 Å². The minimum Gasteiger partial charge on any atom is -0.372 e. The Kier molecular flexibility index (Phi) is 4.38. The first-order valence-electron chi connectivity index (χ1n) is 7.52. The Morgan fingerprint density at radius 2 is 2.19 bits per heavy atom. The molecule has 2 atom stereocenters. The van der Waals surface area contributed by atoms with Crippen LogP contribution >= 0.6 is 11.3 Å². The highest BCUT2D eigenvalue weighted by Gasteiger charge is 2.21. The SMILES string of the molecule is Cc1nc(C)c(C(C)NCC2OCCc3ccccc32)s1. The second kappa shape index (κ2) is 6.26. The van der Waals surface area contributed by atoms with Gasteiger partial charge in [0.1, 0.15) is 0 Å². The van der Waals surface area contributed by atoms with Crippen LogP contribution in [0.1, 0.15) is 45.8 Å². The van der Waals surface area contributed by atoms with Crippen molar-refractivity contribution in [2.45, 2.75) is 39.3 Å². The molecule has 2 heterocycles. The van der Waals surface area contributed by atoms with E-state index in [-0.39, 0.29) is 6.10 Å². The predicted molar refractivity (Wildman–Crippen MR) is 86.8 cm³/mol. The van der Waals surface area contributed by atoms with Gasteiger partial charge in [0.05, 0.1) is 23.4 Å². The van der Waals surface area contributed by atoms with Crippen molar-refractivity contribution in [1.29, 1.82) is 0 Å². The van der Waals surface area contributed by atoms with Crippen molar-refractivity contribution < 1.29 is 4.74 Å². The zero-order chi connectivity index (χ0) is 14.8. The summed E-state index contributed by atoms with van der Waals surface area (Å²) in [6.45, 7) is 8.01. The molecule has 1 aliphatic rings. The molecule has 3 nitrogen and oxygen atoms in total. The molecule has 0 saturated heterocycles. The minimum absolute atomic E-state index is 0.159. The van der Waals surface area contributed by atoms with E-state index in [0.29, 0.717) is 6.04 Å². The maximum Gasteiger partial charge on any atom is 0.0952 e. The van der Waals surface area contributed by atoms with E-state index in [2.05, 4.69) is 55.3 Å². The summed E-state index contributed by atoms with van der Waals surface area (Å²) >= 11 is 1.78. The van der Waals surface area contributed by atoms with Crippen molar-refractivity contribution in [1.82, 2.24) is 10.3 Å². The molecule has 2 aromatic rings. The van der Waals surface area contributed by atoms with Gasteiger partial charge in [-0.25, -0.2) is 4.98 Å². The van der Waals surface area contributed by atoms with Gasteiger partial charge in [-0.1, -0.05) is 24.3 Å². The van der Waals surface area contributed by atoms with Crippen molar-refractivity contribution in [2.75, 3.05) is 13.2 Å². The van der Waals surface area contributed by atoms with Crippen LogP contribution in [0.4, 0.5) is 0 Å². The molecule has 2 unspecified atom stereocenters. The van der Waals surface area contributed by atoms with E-state index >= 15 is 0 Å². The van der Waals surface area contributed by atoms with Crippen LogP contribution < -0.4 is 5.32 Å². The average molecular weight is 302 g/mol. The van der Waals surface area contributed by atoms with Gasteiger partial charge >= 0.3 is 0 Å². The van der Waals surface area contributed by atoms with Crippen LogP contribution in [-0.2, 0) is 11.2 Å². The van der Waals surface area contributed by atoms with Crippen LogP contribution in [0.15, 0.2) is 24.3 Å². The Hall–Kier alpha value is -1.23. The Bertz CT molecular complexity index is 623. The third kappa shape index (κ3) is 3.18. The van der Waals surface area contributed by atoms with Gasteiger partial charge in [-0.3, -0.25) is 0 Å². The smallest absolute Gasteiger partial charge is 0.0952 e. The third-order valence-corrected chi connectivity index (χ3v) is 5.29. The molecule has 1 N–H and O–H groups in total. The highest BCUT2D eigenvalue weighted by Crippen LogP contribution is 2.28. The molecule has 1 aromatic carbocycles. The summed E-state index contributed by atoms with van der Waals surface area (Å²) < 4.78 is 5.95. The average Bonchev–Trinajstić information content (AvgIpc) is 2.83. The molecule has 0 radical (unpaired) electrons. The number of rotatable bonds is 4. The summed E-state index contributed by atoms with van der Waals surface area (Å²) in [6.07, 6.45) is 1.18. The van der Waals surface area contributed by atoms with E-state index in [1.807, 2.05) is 0 Å². The quantitative estimate of drug-likeness (QED) is 0.934. The lowest BCUT2D eigenvalue weighted by molar-refractivity contribution is 0.0410. The highest BCUT2D eigenvalue weighted by molar-refractivity contribution is 7.11. The number of aryl methyl sites for hydroxylation is 2. The van der Waals surface area contributed by atoms with Crippen LogP contribution in [0, 0.1) is 13.8 Å². The zero-order valence-electron chi connectivity index (χ0n) is 12.8. The van der Waals surface area contributed by atoms with Gasteiger partial charge in [0, 0.05) is 17.5 Å². The highest BCUT2D eigenvalue weighted by atomic mass is 32.1. The summed E-state index contributed by atoms with van der Waals surface area (Å²) in [7, 11) is 0. The minimum atomic E-state index is 0.159. The summed E-state index contributed by atoms with van der Waals surface area (Å²) in [5, 5.41) is 4.74. The van der Waals surface area contributed by atoms with E-state index in [9.17, 15) is 0 Å². The van der Waals surface area contributed by atoms with E-state index in [4.69, 9.17) is 4.74 Å². The topological polar surface area (TPSA) is 34.2 Å². The van der Waals surface area contributed by atoms with Crippen molar-refractivity contribution in [3.8, 4) is 0 Å². The number of aromatic nitrogens is 1. The van der Waals surface area contributed by atoms with E-state index in [1.54, 1.807) is 11.3 Å². The van der Waals surface area contributed by atoms with Crippen LogP contribution in [0.3, 0.4) is 0 Å². The molecule has 1 aliphatic heterocycles. The maximum atomic E-state index is 5.95. The number of benzene rings is 1. The van der Waals surface area contributed by atoms with E-state index < -0.39 is 0 Å². The van der Waals surface area contributed by atoms with Crippen LogP contribution in [0.25, 0.3) is 0 Å². The van der Waals surface area contributed by atoms with Crippen molar-refractivity contribution in [3.63, 3.8) is 0 Å². The van der Waals surface area contributed by atoms with Gasteiger partial charge in [-0.15, -0.1) is 11.3 Å². The van der Waals surface area contributed by atoms with Gasteiger partial charge in [0.2, 0.25) is 0 Å². The molecular formula is C17H22N2OS. The molecule has 0 amide bonds. The van der Waals surface area contributed by atoms with Gasteiger partial charge in [0.15, 0.2) is 0 Å². The fraction of sp³-hybridized carbons (Fsp3) is 0.471. The molecular weight excluding hydrogens is 280 g/mol. The Morgan fingerprint density at radius 1 is 1.38 bits per heavy atom. The standard InChI is InChI=1S/C17H22N2OS/c1-11(17-12(2)19-13(3)21-17)18-10-16-15-7-5-4-6-14(15)8-9-20-16/h4-7,11,16,18H,8-10H2,1-3H3. The molecule has 4 heteroatoms. The van der Waals surface area contributed by atoms with Gasteiger partial charge < -0.3 is 10.1 Å². The monoisotopic (exact) mass is 302 g/mol. The summed E-state index contributed by atoms with van der Waals surface area (Å²) in [5.74, 6) is 0. The molecule has 0 fully saturated rings. The number of hydrogen-bond donors (Lipinski definition) is 1. The molecule has 1 aromatic heterocycles. The fourth-order valence-corrected chi connectivity index (χ4v) is 3.93. The van der Waals surface area contributed by atoms with Crippen molar-refractivity contribution >= 4 is 11.3 Å². The molecule has 21 heavy (non-hydrogen) atoms. The fourth-order valence-electron chi connectivity index (χ4n) is 2.97. The molecule has 0 aliphatic carbocycles. The Morgan fingerprint density at radius 3 is 2.95 bits per heavy atom. The lowest BCUT2D eigenvalue weighted by atomic mass is 9.97. The van der Waals surface area contributed by atoms with Crippen molar-refractivity contribution in [2.24, 2.45) is 0 Å². The number of nitrogens with one attached hydrogen (secondary N) is 1. The zero-order valence-corrected chi connectivity index (χ0v) is 13.7. The summed E-state index contributed by atoms with van der Waals surface area (Å²) in [6, 6.07) is 8.92. The number of ether oxygens (including phenoxy) is 1. The Balaban J connectivity index is 1.67. The molecule has 0 spiro atoms. The van der Waals surface area contributed by atoms with E-state index in [0.717, 1.165) is 30.3 Å². The summed E-state index contributed by atoms with van der Waals surface area (Å²) in [4.78, 5) is 5.84. The first-order valence-corrected chi connectivity index (χ1v) is 8.33. The number of nitrogens with zero attached hydrogens (tertiary/aromatic N) is 1. The summed E-state index contributed by atoms with van der Waals surface area (Å²) in [5.41, 5.74) is 3.90. The first kappa shape index (κ1) is 14.7. The second-order valence-electron chi connectivity index (χ2n) is 5.62. The van der Waals surface area contributed by atoms with Gasteiger partial charge in [0.25, 0.3) is 0 Å². The van der Waals surface area contributed by atoms with Crippen LogP contribution in [0.2, 0.25) is 0 Å². The van der Waals surface area contributed by atoms with Crippen molar-refractivity contribution in [3.05, 3.63) is 51.0 Å². The number of fused-ring (bicyclic) bond motifs is 1. The second-order valence-corrected chi connectivity index (χ2v) is 6.86. The molecule has 0 bridgehead atoms. The third-order valence-electron chi connectivity index (χ3n) is 4.03. The van der Waals surface area contributed by atoms with Crippen LogP contribution in [-0.4, -0.2) is 18.1 Å². The Labute approximate surface area is 130 Å². The number of hydrogen-bond acceptors (Lipinski definition) is 4. The molecule has 112 valence electrons. The lowest BCUT2D eigenvalue weighted by Crippen LogP contribution is -2.29. The molecule has 0 saturated carbocycles. The molecule has 3 rings (SSSR count).